The molecule has 0 aliphatic rings. The number of nitro groups is 1. The number of hydrogen-bond acceptors (Lipinski definition) is 8. The quantitative estimate of drug-likeness (QED) is 0.0645. The Balaban J connectivity index is 1.20. The molecule has 1 amide bonds. The van der Waals surface area contributed by atoms with Gasteiger partial charge in [0.2, 0.25) is 0 Å². The number of hydrogen-bond donors (Lipinski definition) is 1. The molecule has 11 heteroatoms. The van der Waals surface area contributed by atoms with Crippen LogP contribution in [0.5, 0.6) is 11.5 Å². The molecule has 0 aliphatic carbocycles. The van der Waals surface area contributed by atoms with Gasteiger partial charge in [0.15, 0.2) is 5.76 Å². The molecule has 0 radical (unpaired) electrons. The summed E-state index contributed by atoms with van der Waals surface area (Å²) in [4.78, 5) is 35.9. The molecule has 44 heavy (non-hydrogen) atoms. The van der Waals surface area contributed by atoms with Crippen LogP contribution in [0.2, 0.25) is 0 Å². The second-order valence-electron chi connectivity index (χ2n) is 9.93. The number of nitrogens with one attached hydrogen (secondary N) is 1. The number of benzene rings is 3. The average molecular weight is 593 g/mol. The first kappa shape index (κ1) is 29.5. The Morgan fingerprint density at radius 1 is 0.932 bits per heavy atom. The second kappa shape index (κ2) is 12.9. The van der Waals surface area contributed by atoms with E-state index >= 15 is 0 Å². The van der Waals surface area contributed by atoms with E-state index in [9.17, 15) is 19.7 Å². The number of hydrazone groups is 1. The molecule has 3 aromatic carbocycles. The van der Waals surface area contributed by atoms with E-state index < -0.39 is 16.8 Å². The monoisotopic (exact) mass is 592 g/mol. The summed E-state index contributed by atoms with van der Waals surface area (Å²) in [6.45, 7) is 6.07. The third kappa shape index (κ3) is 6.90. The largest absolute Gasteiger partial charge is 0.486 e. The summed E-state index contributed by atoms with van der Waals surface area (Å²) in [6.07, 6.45) is 1.15. The molecule has 0 fully saturated rings. The maximum Gasteiger partial charge on any atom is 0.343 e. The Kier molecular flexibility index (Phi) is 8.66. The standard InChI is InChI=1S/C33H28N4O7/c1-21-4-8-24(9-5-21)33(39)44-30-16-12-27(37(40)41)18-25(30)19-34-35-32(38)31-17-15-29(43-31)20-42-28-13-10-26(11-14-28)36-22(2)6-7-23(36)3/h4-19H,20H2,1-3H3,(H,35,38)/b34-19+. The summed E-state index contributed by atoms with van der Waals surface area (Å²) in [5.41, 5.74) is 6.75. The van der Waals surface area contributed by atoms with Crippen LogP contribution in [0.3, 0.4) is 0 Å². The van der Waals surface area contributed by atoms with Gasteiger partial charge in [0.1, 0.15) is 23.9 Å². The lowest BCUT2D eigenvalue weighted by molar-refractivity contribution is -0.384. The fraction of sp³-hybridized carbons (Fsp3) is 0.121. The number of aryl methyl sites for hydroxylation is 3. The number of ether oxygens (including phenoxy) is 2. The van der Waals surface area contributed by atoms with Crippen LogP contribution in [0.4, 0.5) is 5.69 Å². The molecule has 0 saturated carbocycles. The molecule has 0 unspecified atom stereocenters. The minimum absolute atomic E-state index is 0.0141. The number of furan rings is 1. The molecule has 0 atom stereocenters. The lowest BCUT2D eigenvalue weighted by atomic mass is 10.1. The highest BCUT2D eigenvalue weighted by molar-refractivity contribution is 5.95. The highest BCUT2D eigenvalue weighted by Crippen LogP contribution is 2.24. The van der Waals surface area contributed by atoms with E-state index in [0.717, 1.165) is 28.9 Å². The molecule has 0 spiro atoms. The number of rotatable bonds is 10. The number of carbonyl (C=O) groups is 2. The van der Waals surface area contributed by atoms with E-state index in [4.69, 9.17) is 13.9 Å². The van der Waals surface area contributed by atoms with Crippen molar-refractivity contribution in [2.24, 2.45) is 5.10 Å². The topological polar surface area (TPSA) is 138 Å². The van der Waals surface area contributed by atoms with Crippen LogP contribution in [0, 0.1) is 30.9 Å². The Morgan fingerprint density at radius 2 is 1.64 bits per heavy atom. The summed E-state index contributed by atoms with van der Waals surface area (Å²) in [7, 11) is 0. The predicted octanol–water partition coefficient (Wildman–Crippen LogP) is 6.47. The normalized spacial score (nSPS) is 11.0. The van der Waals surface area contributed by atoms with Crippen LogP contribution in [0.1, 0.15) is 49.2 Å². The summed E-state index contributed by atoms with van der Waals surface area (Å²) >= 11 is 0. The fourth-order valence-electron chi connectivity index (χ4n) is 4.41. The first-order valence-corrected chi connectivity index (χ1v) is 13.6. The van der Waals surface area contributed by atoms with Crippen molar-refractivity contribution in [2.45, 2.75) is 27.4 Å². The fourth-order valence-corrected chi connectivity index (χ4v) is 4.41. The van der Waals surface area contributed by atoms with Crippen molar-refractivity contribution in [2.75, 3.05) is 0 Å². The molecule has 0 saturated heterocycles. The third-order valence-corrected chi connectivity index (χ3v) is 6.70. The highest BCUT2D eigenvalue weighted by atomic mass is 16.6. The van der Waals surface area contributed by atoms with Crippen molar-refractivity contribution in [1.29, 1.82) is 0 Å². The van der Waals surface area contributed by atoms with Crippen LogP contribution in [-0.4, -0.2) is 27.6 Å². The van der Waals surface area contributed by atoms with Crippen LogP contribution in [0.25, 0.3) is 5.69 Å². The molecule has 2 heterocycles. The molecule has 2 aromatic heterocycles. The van der Waals surface area contributed by atoms with Gasteiger partial charge >= 0.3 is 11.9 Å². The van der Waals surface area contributed by atoms with E-state index in [1.807, 2.05) is 45.0 Å². The molecule has 1 N–H and O–H groups in total. The van der Waals surface area contributed by atoms with Gasteiger partial charge in [-0.2, -0.15) is 5.10 Å². The van der Waals surface area contributed by atoms with Crippen molar-refractivity contribution < 1.29 is 28.4 Å². The molecule has 11 nitrogen and oxygen atoms in total. The van der Waals surface area contributed by atoms with Crippen molar-refractivity contribution in [3.63, 3.8) is 0 Å². The van der Waals surface area contributed by atoms with Gasteiger partial charge in [0.25, 0.3) is 5.69 Å². The van der Waals surface area contributed by atoms with Gasteiger partial charge in [0, 0.05) is 34.8 Å². The van der Waals surface area contributed by atoms with Gasteiger partial charge in [-0.25, -0.2) is 10.2 Å². The molecular formula is C33H28N4O7. The van der Waals surface area contributed by atoms with Gasteiger partial charge in [-0.05, 0) is 87.5 Å². The van der Waals surface area contributed by atoms with E-state index in [1.54, 1.807) is 30.3 Å². The van der Waals surface area contributed by atoms with Gasteiger partial charge in [0.05, 0.1) is 16.7 Å². The molecule has 222 valence electrons. The highest BCUT2D eigenvalue weighted by Gasteiger charge is 2.16. The number of esters is 1. The number of aromatic nitrogens is 1. The Labute approximate surface area is 252 Å². The molecular weight excluding hydrogens is 564 g/mol. The zero-order valence-electron chi connectivity index (χ0n) is 24.1. The predicted molar refractivity (Wildman–Crippen MR) is 163 cm³/mol. The Hall–Kier alpha value is -5.97. The summed E-state index contributed by atoms with van der Waals surface area (Å²) in [5.74, 6) is -0.228. The number of non-ortho nitro benzene ring substituents is 1. The molecule has 0 bridgehead atoms. The molecule has 0 aliphatic heterocycles. The van der Waals surface area contributed by atoms with E-state index in [0.29, 0.717) is 17.1 Å². The van der Waals surface area contributed by atoms with Crippen LogP contribution in [-0.2, 0) is 6.61 Å². The number of carbonyl (C=O) groups excluding carboxylic acids is 2. The van der Waals surface area contributed by atoms with Crippen molar-refractivity contribution in [3.05, 3.63) is 141 Å². The number of nitro benzene ring substituents is 1. The van der Waals surface area contributed by atoms with E-state index in [2.05, 4.69) is 27.2 Å². The zero-order chi connectivity index (χ0) is 31.2. The lowest BCUT2D eigenvalue weighted by Gasteiger charge is -2.10. The Bertz CT molecular complexity index is 1830. The molecule has 5 rings (SSSR count). The smallest absolute Gasteiger partial charge is 0.343 e. The first-order chi connectivity index (χ1) is 21.2. The summed E-state index contributed by atoms with van der Waals surface area (Å²) < 4.78 is 19.0. The van der Waals surface area contributed by atoms with Crippen LogP contribution >= 0.6 is 0 Å². The number of amides is 1. The van der Waals surface area contributed by atoms with Crippen molar-refractivity contribution in [1.82, 2.24) is 9.99 Å². The number of nitrogens with zero attached hydrogens (tertiary/aromatic N) is 3. The molecule has 5 aromatic rings. The summed E-state index contributed by atoms with van der Waals surface area (Å²) in [6, 6.07) is 25.3. The minimum Gasteiger partial charge on any atom is -0.486 e. The Morgan fingerprint density at radius 3 is 2.32 bits per heavy atom. The lowest BCUT2D eigenvalue weighted by Crippen LogP contribution is -2.17. The summed E-state index contributed by atoms with van der Waals surface area (Å²) in [5, 5.41) is 15.2. The third-order valence-electron chi connectivity index (χ3n) is 6.70. The van der Waals surface area contributed by atoms with Crippen LogP contribution in [0.15, 0.2) is 101 Å². The van der Waals surface area contributed by atoms with Crippen molar-refractivity contribution >= 4 is 23.8 Å². The maximum atomic E-state index is 12.6. The van der Waals surface area contributed by atoms with E-state index in [-0.39, 0.29) is 29.4 Å². The minimum atomic E-state index is -0.655. The first-order valence-electron chi connectivity index (χ1n) is 13.6. The maximum absolute atomic E-state index is 12.6. The van der Waals surface area contributed by atoms with Crippen LogP contribution < -0.4 is 14.9 Å². The van der Waals surface area contributed by atoms with Gasteiger partial charge in [-0.1, -0.05) is 17.7 Å². The van der Waals surface area contributed by atoms with Gasteiger partial charge in [-0.3, -0.25) is 14.9 Å². The SMILES string of the molecule is Cc1ccc(C(=O)Oc2ccc([N+](=O)[O-])cc2/C=N/NC(=O)c2ccc(COc3ccc(-n4c(C)ccc4C)cc3)o2)cc1. The van der Waals surface area contributed by atoms with Crippen molar-refractivity contribution in [3.8, 4) is 17.2 Å². The second-order valence-corrected chi connectivity index (χ2v) is 9.93. The van der Waals surface area contributed by atoms with Gasteiger partial charge < -0.3 is 18.5 Å². The van der Waals surface area contributed by atoms with E-state index in [1.165, 1.54) is 24.3 Å². The van der Waals surface area contributed by atoms with Gasteiger partial charge in [-0.15, -0.1) is 0 Å². The average Bonchev–Trinajstić information content (AvgIpc) is 3.63. The zero-order valence-corrected chi connectivity index (χ0v) is 24.1.